The van der Waals surface area contributed by atoms with Gasteiger partial charge in [0.1, 0.15) is 0 Å². The molecule has 4 heteroatoms. The number of nitrogens with zero attached hydrogens (tertiary/aromatic N) is 2. The fourth-order valence-electron chi connectivity index (χ4n) is 1.75. The number of hydrogen-bond acceptors (Lipinski definition) is 3. The molecule has 0 radical (unpaired) electrons. The summed E-state index contributed by atoms with van der Waals surface area (Å²) in [5.41, 5.74) is 8.99. The smallest absolute Gasteiger partial charge is 0.200 e. The molecule has 0 saturated carbocycles. The minimum Gasteiger partial charge on any atom is -0.369 e. The zero-order chi connectivity index (χ0) is 12.4. The maximum Gasteiger partial charge on any atom is 0.200 e. The molecule has 3 nitrogen and oxygen atoms in total. The lowest BCUT2D eigenvalue weighted by atomic mass is 10.1. The number of benzene rings is 1. The Morgan fingerprint density at radius 3 is 2.41 bits per heavy atom. The number of nitrogens with two attached hydrogens (primary N) is 1. The molecule has 0 aliphatic rings. The first kappa shape index (κ1) is 12.0. The molecule has 17 heavy (non-hydrogen) atoms. The summed E-state index contributed by atoms with van der Waals surface area (Å²) in [6.07, 6.45) is 0. The van der Waals surface area contributed by atoms with Crippen LogP contribution in [0.25, 0.3) is 11.3 Å². The van der Waals surface area contributed by atoms with Crippen LogP contribution in [0.3, 0.4) is 0 Å². The van der Waals surface area contributed by atoms with Crippen molar-refractivity contribution < 1.29 is 0 Å². The van der Waals surface area contributed by atoms with Crippen molar-refractivity contribution in [2.75, 3.05) is 11.5 Å². The van der Waals surface area contributed by atoms with Gasteiger partial charge in [-0.25, -0.2) is 4.98 Å². The molecule has 1 aromatic heterocycles. The highest BCUT2D eigenvalue weighted by Gasteiger charge is 2.10. The Bertz CT molecular complexity index is 514. The monoisotopic (exact) mass is 247 g/mol. The quantitative estimate of drug-likeness (QED) is 0.848. The van der Waals surface area contributed by atoms with Crippen molar-refractivity contribution in [1.82, 2.24) is 9.55 Å². The molecule has 0 amide bonds. The summed E-state index contributed by atoms with van der Waals surface area (Å²) in [7, 11) is 1.93. The third-order valence-corrected chi connectivity index (χ3v) is 3.75. The summed E-state index contributed by atoms with van der Waals surface area (Å²) < 4.78 is 1.91. The van der Waals surface area contributed by atoms with Crippen LogP contribution in [0.1, 0.15) is 12.6 Å². The van der Waals surface area contributed by atoms with E-state index < -0.39 is 0 Å². The van der Waals surface area contributed by atoms with Crippen molar-refractivity contribution in [3.05, 3.63) is 30.0 Å². The molecule has 2 rings (SSSR count). The summed E-state index contributed by atoms with van der Waals surface area (Å²) in [6, 6.07) is 8.47. The van der Waals surface area contributed by atoms with Crippen LogP contribution in [0.5, 0.6) is 0 Å². The molecule has 0 aliphatic heterocycles. The van der Waals surface area contributed by atoms with E-state index in [1.807, 2.05) is 30.3 Å². The SMILES string of the molecule is CCSc1ccc(-c2nc(N)n(C)c2C)cc1. The first-order valence-corrected chi connectivity index (χ1v) is 6.64. The van der Waals surface area contributed by atoms with Crippen LogP contribution in [0.2, 0.25) is 0 Å². The van der Waals surface area contributed by atoms with Gasteiger partial charge < -0.3 is 10.3 Å². The summed E-state index contributed by atoms with van der Waals surface area (Å²) >= 11 is 1.84. The van der Waals surface area contributed by atoms with Crippen molar-refractivity contribution in [3.8, 4) is 11.3 Å². The largest absolute Gasteiger partial charge is 0.369 e. The summed E-state index contributed by atoms with van der Waals surface area (Å²) in [6.45, 7) is 4.19. The minimum atomic E-state index is 0.560. The number of thioether (sulfide) groups is 1. The second-order valence-electron chi connectivity index (χ2n) is 3.92. The molecule has 2 N–H and O–H groups in total. The normalized spacial score (nSPS) is 10.8. The maximum absolute atomic E-state index is 5.80. The molecule has 0 bridgehead atoms. The van der Waals surface area contributed by atoms with Gasteiger partial charge in [0, 0.05) is 23.2 Å². The fraction of sp³-hybridized carbons (Fsp3) is 0.308. The van der Waals surface area contributed by atoms with Gasteiger partial charge in [-0.3, -0.25) is 0 Å². The average molecular weight is 247 g/mol. The van der Waals surface area contributed by atoms with Gasteiger partial charge in [0.05, 0.1) is 5.69 Å². The van der Waals surface area contributed by atoms with E-state index in [9.17, 15) is 0 Å². The molecule has 0 spiro atoms. The molecule has 2 aromatic rings. The first-order chi connectivity index (χ1) is 8.13. The summed E-state index contributed by atoms with van der Waals surface area (Å²) in [4.78, 5) is 5.68. The zero-order valence-electron chi connectivity index (χ0n) is 10.4. The highest BCUT2D eigenvalue weighted by atomic mass is 32.2. The number of nitrogen functional groups attached to an aromatic ring is 1. The van der Waals surface area contributed by atoms with E-state index >= 15 is 0 Å². The molecule has 1 aromatic carbocycles. The Kier molecular flexibility index (Phi) is 3.43. The Balaban J connectivity index is 2.36. The van der Waals surface area contributed by atoms with Gasteiger partial charge >= 0.3 is 0 Å². The van der Waals surface area contributed by atoms with E-state index in [4.69, 9.17) is 5.73 Å². The van der Waals surface area contributed by atoms with Crippen molar-refractivity contribution in [2.45, 2.75) is 18.7 Å². The molecule has 0 unspecified atom stereocenters. The van der Waals surface area contributed by atoms with Crippen LogP contribution in [0, 0.1) is 6.92 Å². The topological polar surface area (TPSA) is 43.8 Å². The molecule has 1 heterocycles. The lowest BCUT2D eigenvalue weighted by molar-refractivity contribution is 0.889. The molecule has 0 aliphatic carbocycles. The van der Waals surface area contributed by atoms with Crippen LogP contribution in [0.4, 0.5) is 5.95 Å². The molecular formula is C13H17N3S. The van der Waals surface area contributed by atoms with Gasteiger partial charge in [0.2, 0.25) is 5.95 Å². The van der Waals surface area contributed by atoms with E-state index in [1.54, 1.807) is 0 Å². The maximum atomic E-state index is 5.80. The first-order valence-electron chi connectivity index (χ1n) is 5.65. The molecular weight excluding hydrogens is 230 g/mol. The Hall–Kier alpha value is -1.42. The number of imidazole rings is 1. The lowest BCUT2D eigenvalue weighted by Crippen LogP contribution is -1.97. The van der Waals surface area contributed by atoms with Gasteiger partial charge in [-0.15, -0.1) is 11.8 Å². The average Bonchev–Trinajstić information content (AvgIpc) is 2.59. The van der Waals surface area contributed by atoms with E-state index in [2.05, 4.69) is 36.2 Å². The van der Waals surface area contributed by atoms with E-state index in [-0.39, 0.29) is 0 Å². The van der Waals surface area contributed by atoms with E-state index in [0.29, 0.717) is 5.95 Å². The van der Waals surface area contributed by atoms with Gasteiger partial charge in [-0.2, -0.15) is 0 Å². The van der Waals surface area contributed by atoms with Crippen molar-refractivity contribution in [2.24, 2.45) is 7.05 Å². The van der Waals surface area contributed by atoms with Gasteiger partial charge in [0.15, 0.2) is 0 Å². The van der Waals surface area contributed by atoms with Crippen molar-refractivity contribution >= 4 is 17.7 Å². The number of hydrogen-bond donors (Lipinski definition) is 1. The van der Waals surface area contributed by atoms with E-state index in [1.165, 1.54) is 4.90 Å². The lowest BCUT2D eigenvalue weighted by Gasteiger charge is -2.02. The molecule has 90 valence electrons. The molecule has 0 atom stereocenters. The molecule has 0 saturated heterocycles. The minimum absolute atomic E-state index is 0.560. The van der Waals surface area contributed by atoms with Gasteiger partial charge in [-0.1, -0.05) is 19.1 Å². The van der Waals surface area contributed by atoms with Crippen LogP contribution in [0.15, 0.2) is 29.2 Å². The Morgan fingerprint density at radius 2 is 1.94 bits per heavy atom. The number of aromatic nitrogens is 2. The number of anilines is 1. The standard InChI is InChI=1S/C13H17N3S/c1-4-17-11-7-5-10(6-8-11)12-9(2)16(3)13(14)15-12/h5-8H,4H2,1-3H3,(H2,14,15). The highest BCUT2D eigenvalue weighted by molar-refractivity contribution is 7.99. The van der Waals surface area contributed by atoms with Crippen LogP contribution < -0.4 is 5.73 Å². The fourth-order valence-corrected chi connectivity index (χ4v) is 2.41. The predicted octanol–water partition coefficient (Wildman–Crippen LogP) is 3.09. The van der Waals surface area contributed by atoms with Crippen molar-refractivity contribution in [1.29, 1.82) is 0 Å². The van der Waals surface area contributed by atoms with Gasteiger partial charge in [0.25, 0.3) is 0 Å². The van der Waals surface area contributed by atoms with Crippen molar-refractivity contribution in [3.63, 3.8) is 0 Å². The Morgan fingerprint density at radius 1 is 1.29 bits per heavy atom. The van der Waals surface area contributed by atoms with Crippen LogP contribution in [-0.2, 0) is 7.05 Å². The number of rotatable bonds is 3. The predicted molar refractivity (Wildman–Crippen MR) is 74.2 cm³/mol. The highest BCUT2D eigenvalue weighted by Crippen LogP contribution is 2.26. The third-order valence-electron chi connectivity index (χ3n) is 2.85. The second kappa shape index (κ2) is 4.84. The van der Waals surface area contributed by atoms with Crippen LogP contribution >= 0.6 is 11.8 Å². The zero-order valence-corrected chi connectivity index (χ0v) is 11.2. The molecule has 0 fully saturated rings. The summed E-state index contributed by atoms with van der Waals surface area (Å²) in [5, 5.41) is 0. The summed E-state index contributed by atoms with van der Waals surface area (Å²) in [5.74, 6) is 1.65. The third kappa shape index (κ3) is 2.31. The van der Waals surface area contributed by atoms with Crippen LogP contribution in [-0.4, -0.2) is 15.3 Å². The van der Waals surface area contributed by atoms with E-state index in [0.717, 1.165) is 22.7 Å². The Labute approximate surface area is 106 Å². The van der Waals surface area contributed by atoms with Gasteiger partial charge in [-0.05, 0) is 24.8 Å². The second-order valence-corrected chi connectivity index (χ2v) is 5.26.